The molecule has 0 saturated heterocycles. The van der Waals surface area contributed by atoms with E-state index in [0.717, 1.165) is 24.2 Å². The summed E-state index contributed by atoms with van der Waals surface area (Å²) in [5.41, 5.74) is 2.47. The van der Waals surface area contributed by atoms with E-state index < -0.39 is 0 Å². The maximum absolute atomic E-state index is 13.5. The predicted molar refractivity (Wildman–Crippen MR) is 76.1 cm³/mol. The van der Waals surface area contributed by atoms with Crippen LogP contribution in [0.2, 0.25) is 0 Å². The number of Topliss-reactive ketones (excluding diaryl/α,β-unsaturated/α-hetero) is 1. The zero-order chi connectivity index (χ0) is 14.5. The Bertz CT molecular complexity index is 604. The average Bonchev–Trinajstić information content (AvgIpc) is 2.83. The van der Waals surface area contributed by atoms with Crippen LogP contribution in [-0.2, 0) is 30.6 Å². The minimum absolute atomic E-state index is 0.0319. The highest BCUT2D eigenvalue weighted by molar-refractivity contribution is 5.80. The van der Waals surface area contributed by atoms with Gasteiger partial charge in [0.05, 0.1) is 5.69 Å². The zero-order valence-corrected chi connectivity index (χ0v) is 11.9. The van der Waals surface area contributed by atoms with E-state index in [1.54, 1.807) is 22.9 Å². The molecule has 106 valence electrons. The Kier molecular flexibility index (Phi) is 4.66. The van der Waals surface area contributed by atoms with Crippen molar-refractivity contribution in [1.82, 2.24) is 9.78 Å². The number of rotatable bonds is 6. The van der Waals surface area contributed by atoms with Crippen LogP contribution in [-0.4, -0.2) is 15.6 Å². The summed E-state index contributed by atoms with van der Waals surface area (Å²) < 4.78 is 15.3. The molecule has 0 aliphatic heterocycles. The fourth-order valence-electron chi connectivity index (χ4n) is 2.19. The van der Waals surface area contributed by atoms with Gasteiger partial charge in [-0.05, 0) is 30.5 Å². The van der Waals surface area contributed by atoms with Crippen LogP contribution in [0.1, 0.15) is 30.8 Å². The number of ketones is 1. The minimum atomic E-state index is -0.328. The maximum atomic E-state index is 13.5. The van der Waals surface area contributed by atoms with Crippen molar-refractivity contribution in [2.24, 2.45) is 0 Å². The number of carbonyl (C=O) groups is 1. The molecule has 0 atom stereocenters. The largest absolute Gasteiger partial charge is 0.297 e. The van der Waals surface area contributed by atoms with E-state index in [1.165, 1.54) is 6.07 Å². The van der Waals surface area contributed by atoms with E-state index in [9.17, 15) is 9.18 Å². The van der Waals surface area contributed by atoms with Gasteiger partial charge >= 0.3 is 0 Å². The lowest BCUT2D eigenvalue weighted by atomic mass is 10.1. The summed E-state index contributed by atoms with van der Waals surface area (Å²) in [5, 5.41) is 4.41. The summed E-state index contributed by atoms with van der Waals surface area (Å²) in [6.07, 6.45) is 1.79. The smallest absolute Gasteiger partial charge is 0.158 e. The lowest BCUT2D eigenvalue weighted by molar-refractivity contribution is -0.119. The molecule has 1 aromatic carbocycles. The molecule has 3 nitrogen and oxygen atoms in total. The molecule has 4 heteroatoms. The lowest BCUT2D eigenvalue weighted by Crippen LogP contribution is -2.16. The van der Waals surface area contributed by atoms with E-state index in [2.05, 4.69) is 5.10 Å². The Labute approximate surface area is 118 Å². The molecule has 0 amide bonds. The number of hydrogen-bond acceptors (Lipinski definition) is 2. The van der Waals surface area contributed by atoms with Crippen LogP contribution < -0.4 is 0 Å². The number of carbonyl (C=O) groups excluding carboxylic acids is 1. The standard InChI is InChI=1S/C16H19FN2O/c1-3-13-10-14(4-2)19(18-13)11-15(20)9-12-7-5-6-8-16(12)17/h5-8,10H,3-4,9,11H2,1-2H3. The molecule has 0 radical (unpaired) electrons. The highest BCUT2D eigenvalue weighted by atomic mass is 19.1. The van der Waals surface area contributed by atoms with Crippen LogP contribution in [0.4, 0.5) is 4.39 Å². The number of benzene rings is 1. The van der Waals surface area contributed by atoms with Crippen molar-refractivity contribution in [2.45, 2.75) is 39.7 Å². The first kappa shape index (κ1) is 14.4. The molecule has 0 aliphatic rings. The van der Waals surface area contributed by atoms with Gasteiger partial charge in [0.15, 0.2) is 5.78 Å². The predicted octanol–water partition coefficient (Wildman–Crippen LogP) is 2.96. The topological polar surface area (TPSA) is 34.9 Å². The van der Waals surface area contributed by atoms with Crippen LogP contribution in [0.5, 0.6) is 0 Å². The van der Waals surface area contributed by atoms with E-state index in [1.807, 2.05) is 19.9 Å². The maximum Gasteiger partial charge on any atom is 0.158 e. The molecule has 0 saturated carbocycles. The molecule has 2 rings (SSSR count). The SMILES string of the molecule is CCc1cc(CC)n(CC(=O)Cc2ccccc2F)n1. The van der Waals surface area contributed by atoms with Gasteiger partial charge in [0.1, 0.15) is 12.4 Å². The number of nitrogens with zero attached hydrogens (tertiary/aromatic N) is 2. The normalized spacial score (nSPS) is 10.8. The molecule has 1 heterocycles. The van der Waals surface area contributed by atoms with Crippen molar-refractivity contribution >= 4 is 5.78 Å². The van der Waals surface area contributed by atoms with Crippen molar-refractivity contribution in [1.29, 1.82) is 0 Å². The zero-order valence-electron chi connectivity index (χ0n) is 11.9. The molecule has 0 unspecified atom stereocenters. The van der Waals surface area contributed by atoms with Crippen molar-refractivity contribution in [3.8, 4) is 0 Å². The van der Waals surface area contributed by atoms with E-state index >= 15 is 0 Å². The Hall–Kier alpha value is -1.97. The Morgan fingerprint density at radius 3 is 2.65 bits per heavy atom. The van der Waals surface area contributed by atoms with E-state index in [-0.39, 0.29) is 24.6 Å². The summed E-state index contributed by atoms with van der Waals surface area (Å²) in [4.78, 5) is 12.1. The molecule has 2 aromatic rings. The van der Waals surface area contributed by atoms with Gasteiger partial charge in [-0.15, -0.1) is 0 Å². The third-order valence-corrected chi connectivity index (χ3v) is 3.31. The van der Waals surface area contributed by atoms with Crippen LogP contribution >= 0.6 is 0 Å². The number of hydrogen-bond donors (Lipinski definition) is 0. The van der Waals surface area contributed by atoms with Crippen LogP contribution in [0.25, 0.3) is 0 Å². The summed E-state index contributed by atoms with van der Waals surface area (Å²) in [7, 11) is 0. The Balaban J connectivity index is 2.08. The number of aryl methyl sites for hydroxylation is 2. The molecule has 0 N–H and O–H groups in total. The molecular weight excluding hydrogens is 255 g/mol. The molecule has 0 spiro atoms. The van der Waals surface area contributed by atoms with Gasteiger partial charge in [0.25, 0.3) is 0 Å². The summed E-state index contributed by atoms with van der Waals surface area (Å²) in [6.45, 7) is 4.28. The second-order valence-corrected chi connectivity index (χ2v) is 4.80. The van der Waals surface area contributed by atoms with Crippen molar-refractivity contribution in [3.05, 3.63) is 53.1 Å². The van der Waals surface area contributed by atoms with Gasteiger partial charge in [0, 0.05) is 12.1 Å². The van der Waals surface area contributed by atoms with Crippen LogP contribution in [0.3, 0.4) is 0 Å². The fourth-order valence-corrected chi connectivity index (χ4v) is 2.19. The van der Waals surface area contributed by atoms with Crippen molar-refractivity contribution in [3.63, 3.8) is 0 Å². The first-order chi connectivity index (χ1) is 9.63. The third kappa shape index (κ3) is 3.32. The lowest BCUT2D eigenvalue weighted by Gasteiger charge is -2.06. The van der Waals surface area contributed by atoms with Crippen LogP contribution in [0, 0.1) is 5.82 Å². The minimum Gasteiger partial charge on any atom is -0.297 e. The average molecular weight is 274 g/mol. The highest BCUT2D eigenvalue weighted by Gasteiger charge is 2.12. The Morgan fingerprint density at radius 2 is 2.00 bits per heavy atom. The second-order valence-electron chi connectivity index (χ2n) is 4.80. The number of halogens is 1. The Morgan fingerprint density at radius 1 is 1.25 bits per heavy atom. The third-order valence-electron chi connectivity index (χ3n) is 3.31. The quantitative estimate of drug-likeness (QED) is 0.811. The molecular formula is C16H19FN2O. The number of aromatic nitrogens is 2. The second kappa shape index (κ2) is 6.46. The van der Waals surface area contributed by atoms with Gasteiger partial charge in [0.2, 0.25) is 0 Å². The summed E-state index contributed by atoms with van der Waals surface area (Å²) in [6, 6.07) is 8.42. The van der Waals surface area contributed by atoms with Gasteiger partial charge in [-0.3, -0.25) is 9.48 Å². The first-order valence-corrected chi connectivity index (χ1v) is 6.94. The van der Waals surface area contributed by atoms with Crippen molar-refractivity contribution < 1.29 is 9.18 Å². The molecule has 20 heavy (non-hydrogen) atoms. The highest BCUT2D eigenvalue weighted by Crippen LogP contribution is 2.10. The van der Waals surface area contributed by atoms with Gasteiger partial charge < -0.3 is 0 Å². The summed E-state index contributed by atoms with van der Waals surface area (Å²) >= 11 is 0. The van der Waals surface area contributed by atoms with E-state index in [4.69, 9.17) is 0 Å². The van der Waals surface area contributed by atoms with Gasteiger partial charge in [-0.25, -0.2) is 4.39 Å². The molecule has 1 aromatic heterocycles. The fraction of sp³-hybridized carbons (Fsp3) is 0.375. The molecule has 0 aliphatic carbocycles. The summed E-state index contributed by atoms with van der Waals surface area (Å²) in [5.74, 6) is -0.359. The monoisotopic (exact) mass is 274 g/mol. The van der Waals surface area contributed by atoms with Gasteiger partial charge in [-0.2, -0.15) is 5.10 Å². The molecule has 0 fully saturated rings. The van der Waals surface area contributed by atoms with E-state index in [0.29, 0.717) is 5.56 Å². The van der Waals surface area contributed by atoms with Crippen LogP contribution in [0.15, 0.2) is 30.3 Å². The van der Waals surface area contributed by atoms with Gasteiger partial charge in [-0.1, -0.05) is 32.0 Å². The first-order valence-electron chi connectivity index (χ1n) is 6.94. The van der Waals surface area contributed by atoms with Crippen molar-refractivity contribution in [2.75, 3.05) is 0 Å². The molecule has 0 bridgehead atoms.